The molecule has 0 saturated carbocycles. The number of nitrogens with two attached hydrogens (primary N) is 1. The summed E-state index contributed by atoms with van der Waals surface area (Å²) in [5.41, 5.74) is 5.22. The summed E-state index contributed by atoms with van der Waals surface area (Å²) in [4.78, 5) is 21.2. The smallest absolute Gasteiger partial charge is 0.293 e. The lowest BCUT2D eigenvalue weighted by Gasteiger charge is -2.03. The van der Waals surface area contributed by atoms with Crippen molar-refractivity contribution in [2.45, 2.75) is 0 Å². The van der Waals surface area contributed by atoms with Crippen LogP contribution in [0, 0.1) is 10.1 Å². The van der Waals surface area contributed by atoms with Gasteiger partial charge in [0, 0.05) is 11.6 Å². The van der Waals surface area contributed by atoms with Crippen LogP contribution >= 0.6 is 27.5 Å². The summed E-state index contributed by atoms with van der Waals surface area (Å²) in [5.74, 6) is -0.276. The van der Waals surface area contributed by atoms with Gasteiger partial charge in [0.1, 0.15) is 5.69 Å². The molecule has 80 valence electrons. The van der Waals surface area contributed by atoms with Gasteiger partial charge in [0.25, 0.3) is 5.69 Å². The number of carbonyl (C=O) groups is 1. The quantitative estimate of drug-likeness (QED) is 0.305. The molecular weight excluding hydrogens is 287 g/mol. The Kier molecular flexibility index (Phi) is 3.65. The van der Waals surface area contributed by atoms with Crippen molar-refractivity contribution < 1.29 is 9.72 Å². The van der Waals surface area contributed by atoms with Crippen molar-refractivity contribution in [3.63, 3.8) is 0 Å². The van der Waals surface area contributed by atoms with Crippen LogP contribution in [-0.2, 0) is 0 Å². The van der Waals surface area contributed by atoms with Crippen LogP contribution in [0.5, 0.6) is 0 Å². The number of nitro benzene ring substituents is 1. The van der Waals surface area contributed by atoms with Crippen molar-refractivity contribution in [3.8, 4) is 0 Å². The molecule has 0 aliphatic heterocycles. The predicted octanol–water partition coefficient (Wildman–Crippen LogP) is 2.41. The first kappa shape index (κ1) is 11.9. The van der Waals surface area contributed by atoms with Crippen molar-refractivity contribution in [2.24, 2.45) is 0 Å². The van der Waals surface area contributed by atoms with Crippen LogP contribution in [-0.4, -0.2) is 16.0 Å². The van der Waals surface area contributed by atoms with Crippen molar-refractivity contribution in [3.05, 3.63) is 32.8 Å². The van der Waals surface area contributed by atoms with Crippen molar-refractivity contribution in [1.82, 2.24) is 0 Å². The van der Waals surface area contributed by atoms with E-state index in [1.807, 2.05) is 0 Å². The molecule has 7 heteroatoms. The fourth-order valence-electron chi connectivity index (χ4n) is 1.02. The zero-order valence-electron chi connectivity index (χ0n) is 7.37. The van der Waals surface area contributed by atoms with E-state index in [9.17, 15) is 14.9 Å². The number of rotatable bonds is 3. The highest BCUT2D eigenvalue weighted by Gasteiger charge is 2.18. The van der Waals surface area contributed by atoms with Gasteiger partial charge in [0.05, 0.1) is 15.3 Å². The van der Waals surface area contributed by atoms with E-state index in [4.69, 9.17) is 17.3 Å². The van der Waals surface area contributed by atoms with Crippen LogP contribution < -0.4 is 5.73 Å². The summed E-state index contributed by atoms with van der Waals surface area (Å²) < 4.78 is 0. The lowest BCUT2D eigenvalue weighted by atomic mass is 10.1. The second-order valence-electron chi connectivity index (χ2n) is 2.70. The van der Waals surface area contributed by atoms with E-state index >= 15 is 0 Å². The molecule has 0 saturated heterocycles. The van der Waals surface area contributed by atoms with Crippen molar-refractivity contribution >= 4 is 44.7 Å². The summed E-state index contributed by atoms with van der Waals surface area (Å²) in [7, 11) is 0. The van der Waals surface area contributed by atoms with Gasteiger partial charge in [-0.1, -0.05) is 27.5 Å². The van der Waals surface area contributed by atoms with Crippen molar-refractivity contribution in [2.75, 3.05) is 11.1 Å². The van der Waals surface area contributed by atoms with Gasteiger partial charge < -0.3 is 5.73 Å². The third-order valence-corrected chi connectivity index (χ3v) is 2.56. The van der Waals surface area contributed by atoms with Crippen LogP contribution in [0.3, 0.4) is 0 Å². The fraction of sp³-hybridized carbons (Fsp3) is 0.125. The summed E-state index contributed by atoms with van der Waals surface area (Å²) in [6, 6.07) is 2.29. The van der Waals surface area contributed by atoms with E-state index in [0.29, 0.717) is 0 Å². The van der Waals surface area contributed by atoms with Gasteiger partial charge in [-0.2, -0.15) is 0 Å². The Morgan fingerprint density at radius 2 is 2.20 bits per heavy atom. The van der Waals surface area contributed by atoms with Gasteiger partial charge in [-0.3, -0.25) is 14.9 Å². The number of hydrogen-bond donors (Lipinski definition) is 1. The molecule has 0 bridgehead atoms. The van der Waals surface area contributed by atoms with Gasteiger partial charge in [-0.05, 0) is 6.07 Å². The zero-order valence-corrected chi connectivity index (χ0v) is 9.71. The number of nitrogen functional groups attached to an aromatic ring is 1. The Hall–Kier alpha value is -1.14. The lowest BCUT2D eigenvalue weighted by Crippen LogP contribution is -2.04. The molecule has 0 fully saturated rings. The van der Waals surface area contributed by atoms with E-state index in [1.165, 1.54) is 6.07 Å². The molecule has 5 nitrogen and oxygen atoms in total. The number of ketones is 1. The number of hydrogen-bond acceptors (Lipinski definition) is 4. The van der Waals surface area contributed by atoms with E-state index in [1.54, 1.807) is 0 Å². The molecule has 0 spiro atoms. The first-order chi connectivity index (χ1) is 6.97. The minimum absolute atomic E-state index is 0.0281. The largest absolute Gasteiger partial charge is 0.393 e. The molecule has 0 unspecified atom stereocenters. The average molecular weight is 294 g/mol. The van der Waals surface area contributed by atoms with E-state index < -0.39 is 4.92 Å². The fourth-order valence-corrected chi connectivity index (χ4v) is 1.59. The maximum absolute atomic E-state index is 11.3. The minimum Gasteiger partial charge on any atom is -0.393 e. The molecule has 0 atom stereocenters. The molecule has 0 amide bonds. The van der Waals surface area contributed by atoms with E-state index in [2.05, 4.69) is 15.9 Å². The summed E-state index contributed by atoms with van der Waals surface area (Å²) in [5, 5.41) is 10.6. The molecule has 1 aromatic rings. The topological polar surface area (TPSA) is 86.2 Å². The standard InChI is InChI=1S/C8H6BrClN2O3/c9-3-8(13)4-1-6(11)7(12(14)15)2-5(4)10/h1-2H,3,11H2. The Bertz CT molecular complexity index is 436. The third kappa shape index (κ3) is 2.45. The number of anilines is 1. The molecule has 0 heterocycles. The summed E-state index contributed by atoms with van der Waals surface area (Å²) in [6.07, 6.45) is 0. The Balaban J connectivity index is 3.31. The predicted molar refractivity (Wildman–Crippen MR) is 60.6 cm³/mol. The zero-order chi connectivity index (χ0) is 11.6. The molecule has 15 heavy (non-hydrogen) atoms. The molecule has 0 aliphatic carbocycles. The minimum atomic E-state index is -0.649. The van der Waals surface area contributed by atoms with Gasteiger partial charge >= 0.3 is 0 Å². The second kappa shape index (κ2) is 4.59. The maximum atomic E-state index is 11.3. The van der Waals surface area contributed by atoms with Crippen LogP contribution in [0.1, 0.15) is 10.4 Å². The highest BCUT2D eigenvalue weighted by molar-refractivity contribution is 9.09. The first-order valence-corrected chi connectivity index (χ1v) is 5.30. The highest BCUT2D eigenvalue weighted by Crippen LogP contribution is 2.29. The normalized spacial score (nSPS) is 10.0. The van der Waals surface area contributed by atoms with Crippen molar-refractivity contribution in [1.29, 1.82) is 0 Å². The van der Waals surface area contributed by atoms with E-state index in [-0.39, 0.29) is 33.1 Å². The number of carbonyl (C=O) groups excluding carboxylic acids is 1. The molecule has 2 N–H and O–H groups in total. The van der Waals surface area contributed by atoms with Crippen LogP contribution in [0.15, 0.2) is 12.1 Å². The SMILES string of the molecule is Nc1cc(C(=O)CBr)c(Cl)cc1[N+](=O)[O-]. The maximum Gasteiger partial charge on any atom is 0.293 e. The molecule has 0 radical (unpaired) electrons. The monoisotopic (exact) mass is 292 g/mol. The van der Waals surface area contributed by atoms with Gasteiger partial charge in [-0.15, -0.1) is 0 Å². The summed E-state index contributed by atoms with van der Waals surface area (Å²) >= 11 is 8.69. The molecular formula is C8H6BrClN2O3. The van der Waals surface area contributed by atoms with Crippen LogP contribution in [0.4, 0.5) is 11.4 Å². The first-order valence-electron chi connectivity index (χ1n) is 3.80. The number of alkyl halides is 1. The number of nitrogens with zero attached hydrogens (tertiary/aromatic N) is 1. The van der Waals surface area contributed by atoms with E-state index in [0.717, 1.165) is 6.07 Å². The number of nitro groups is 1. The molecule has 0 aliphatic rings. The van der Waals surface area contributed by atoms with Crippen LogP contribution in [0.2, 0.25) is 5.02 Å². The summed E-state index contributed by atoms with van der Waals surface area (Å²) in [6.45, 7) is 0. The van der Waals surface area contributed by atoms with Gasteiger partial charge in [0.2, 0.25) is 0 Å². The van der Waals surface area contributed by atoms with Gasteiger partial charge in [0.15, 0.2) is 5.78 Å². The lowest BCUT2D eigenvalue weighted by molar-refractivity contribution is -0.383. The number of Topliss-reactive ketones (excluding diaryl/α,β-unsaturated/α-hetero) is 1. The second-order valence-corrected chi connectivity index (χ2v) is 3.67. The van der Waals surface area contributed by atoms with Crippen LogP contribution in [0.25, 0.3) is 0 Å². The number of benzene rings is 1. The Morgan fingerprint density at radius 3 is 2.67 bits per heavy atom. The molecule has 0 aromatic heterocycles. The van der Waals surface area contributed by atoms with Gasteiger partial charge in [-0.25, -0.2) is 0 Å². The Morgan fingerprint density at radius 1 is 1.60 bits per heavy atom. The third-order valence-electron chi connectivity index (χ3n) is 1.73. The molecule has 1 rings (SSSR count). The molecule has 1 aromatic carbocycles. The Labute approximate surface area is 98.5 Å². The average Bonchev–Trinajstić information content (AvgIpc) is 2.19. The highest BCUT2D eigenvalue weighted by atomic mass is 79.9. The number of halogens is 2.